The van der Waals surface area contributed by atoms with E-state index in [1.165, 1.54) is 11.1 Å². The molecule has 9 N–H and O–H groups in total. The van der Waals surface area contributed by atoms with Crippen molar-refractivity contribution in [1.29, 1.82) is 10.8 Å². The summed E-state index contributed by atoms with van der Waals surface area (Å²) in [7, 11) is 0. The molecule has 0 fully saturated rings. The molecule has 4 aromatic carbocycles. The molecule has 4 atom stereocenters. The molecule has 0 aromatic heterocycles. The van der Waals surface area contributed by atoms with Crippen molar-refractivity contribution in [2.45, 2.75) is 130 Å². The van der Waals surface area contributed by atoms with Gasteiger partial charge in [-0.15, -0.1) is 0 Å². The van der Waals surface area contributed by atoms with Crippen molar-refractivity contribution in [2.75, 3.05) is 0 Å². The molecule has 6 rings (SSSR count). The standard InChI is InChI=1S/C29H38N4O4.C24H30N4O2/c1-6-24(30)20-13-11-19(12-14-20)17-31-26(34)18(2)32-27(35)25(33-28(36)37-29(3,4)5)23-15-21-9-7-8-10-22(21)16-23;1-3-21(25)17-10-8-16(9-11-17)14-27-23(29)15(2)28-24(30)22(26)20-12-18-6-4-5-7-19(18)13-20/h7-14,18,23,25,30H,6,15-17H2,1-5H3,(H,31,34)(H,32,35)(H,33,36);4-11,15,20,22,25H,3,12-14,26H2,1-2H3,(H,27,29)(H,28,30)/t18-,25+;15-,22+/m00/s1. The van der Waals surface area contributed by atoms with Crippen LogP contribution in [-0.2, 0) is 62.7 Å². The van der Waals surface area contributed by atoms with Gasteiger partial charge in [0.25, 0.3) is 0 Å². The number of amides is 5. The molecule has 0 heterocycles. The van der Waals surface area contributed by atoms with Gasteiger partial charge in [-0.1, -0.05) is 111 Å². The van der Waals surface area contributed by atoms with Gasteiger partial charge in [0.15, 0.2) is 0 Å². The van der Waals surface area contributed by atoms with Crippen molar-refractivity contribution >= 4 is 41.1 Å². The van der Waals surface area contributed by atoms with Crippen LogP contribution in [0, 0.1) is 22.7 Å². The first kappa shape index (κ1) is 51.3. The minimum absolute atomic E-state index is 0.0537. The summed E-state index contributed by atoms with van der Waals surface area (Å²) in [6.45, 7) is 13.1. The quantitative estimate of drug-likeness (QED) is 0.0570. The molecule has 0 radical (unpaired) electrons. The molecule has 14 heteroatoms. The molecule has 0 saturated carbocycles. The van der Waals surface area contributed by atoms with Crippen molar-refractivity contribution in [3.63, 3.8) is 0 Å². The lowest BCUT2D eigenvalue weighted by molar-refractivity contribution is -0.130. The Hall–Kier alpha value is -6.67. The van der Waals surface area contributed by atoms with Crippen LogP contribution in [0.1, 0.15) is 106 Å². The van der Waals surface area contributed by atoms with E-state index in [9.17, 15) is 24.0 Å². The highest BCUT2D eigenvalue weighted by molar-refractivity contribution is 5.98. The first-order valence-corrected chi connectivity index (χ1v) is 23.2. The fourth-order valence-corrected chi connectivity index (χ4v) is 8.21. The maximum atomic E-state index is 13.3. The summed E-state index contributed by atoms with van der Waals surface area (Å²) < 4.78 is 5.40. The predicted octanol–water partition coefficient (Wildman–Crippen LogP) is 6.22. The van der Waals surface area contributed by atoms with Crippen LogP contribution >= 0.6 is 0 Å². The molecule has 2 aliphatic rings. The summed E-state index contributed by atoms with van der Waals surface area (Å²) in [6.07, 6.45) is 3.55. The number of fused-ring (bicyclic) bond motifs is 2. The Kier molecular flexibility index (Phi) is 18.1. The summed E-state index contributed by atoms with van der Waals surface area (Å²) in [5.41, 5.74) is 15.0. The first-order chi connectivity index (χ1) is 31.8. The van der Waals surface area contributed by atoms with Crippen molar-refractivity contribution in [3.8, 4) is 0 Å². The Morgan fingerprint density at radius 3 is 1.33 bits per heavy atom. The Morgan fingerprint density at radius 2 is 0.955 bits per heavy atom. The Bertz CT molecular complexity index is 2340. The molecule has 0 unspecified atom stereocenters. The fraction of sp³-hybridized carbons (Fsp3) is 0.415. The zero-order chi connectivity index (χ0) is 48.8. The predicted molar refractivity (Wildman–Crippen MR) is 262 cm³/mol. The number of nitrogens with one attached hydrogen (secondary N) is 7. The lowest BCUT2D eigenvalue weighted by Crippen LogP contribution is -2.56. The summed E-state index contributed by atoms with van der Waals surface area (Å²) in [4.78, 5) is 63.6. The van der Waals surface area contributed by atoms with Crippen molar-refractivity contribution < 1.29 is 28.7 Å². The highest BCUT2D eigenvalue weighted by Crippen LogP contribution is 2.30. The molecule has 67 heavy (non-hydrogen) atoms. The Balaban J connectivity index is 0.000000256. The van der Waals surface area contributed by atoms with Gasteiger partial charge in [-0.3, -0.25) is 19.2 Å². The molecule has 5 amide bonds. The summed E-state index contributed by atoms with van der Waals surface area (Å²) in [5, 5.41) is 29.7. The van der Waals surface area contributed by atoms with Gasteiger partial charge in [0.2, 0.25) is 23.6 Å². The van der Waals surface area contributed by atoms with Gasteiger partial charge in [-0.05, 0) is 129 Å². The van der Waals surface area contributed by atoms with E-state index in [0.29, 0.717) is 50.2 Å². The minimum atomic E-state index is -0.848. The minimum Gasteiger partial charge on any atom is -0.444 e. The molecule has 4 aromatic rings. The molecule has 0 spiro atoms. The van der Waals surface area contributed by atoms with Gasteiger partial charge in [0, 0.05) is 24.5 Å². The lowest BCUT2D eigenvalue weighted by Gasteiger charge is -2.27. The van der Waals surface area contributed by atoms with Gasteiger partial charge in [-0.25, -0.2) is 4.79 Å². The highest BCUT2D eigenvalue weighted by atomic mass is 16.6. The summed E-state index contributed by atoms with van der Waals surface area (Å²) in [5.74, 6) is -1.40. The fourth-order valence-electron chi connectivity index (χ4n) is 8.21. The molecule has 0 aliphatic heterocycles. The number of nitrogens with two attached hydrogens (primary N) is 1. The maximum Gasteiger partial charge on any atom is 0.408 e. The third-order valence-electron chi connectivity index (χ3n) is 12.2. The van der Waals surface area contributed by atoms with E-state index in [2.05, 4.69) is 38.7 Å². The first-order valence-electron chi connectivity index (χ1n) is 23.2. The number of ether oxygens (including phenoxy) is 1. The second-order valence-corrected chi connectivity index (χ2v) is 18.5. The van der Waals surface area contributed by atoms with E-state index in [0.717, 1.165) is 46.2 Å². The van der Waals surface area contributed by atoms with Gasteiger partial charge in [-0.2, -0.15) is 0 Å². The van der Waals surface area contributed by atoms with Crippen LogP contribution in [0.25, 0.3) is 0 Å². The highest BCUT2D eigenvalue weighted by Gasteiger charge is 2.37. The Morgan fingerprint density at radius 1 is 0.582 bits per heavy atom. The van der Waals surface area contributed by atoms with E-state index in [1.54, 1.807) is 34.6 Å². The van der Waals surface area contributed by atoms with Crippen LogP contribution in [0.4, 0.5) is 4.79 Å². The zero-order valence-electron chi connectivity index (χ0n) is 39.9. The number of benzene rings is 4. The molecule has 0 bridgehead atoms. The SMILES string of the molecule is CCC(=N)c1ccc(CNC(=O)[C@H](C)NC(=O)[C@H](N)C2Cc3ccccc3C2)cc1.CCC(=N)c1ccc(CNC(=O)[C@H](C)NC(=O)[C@H](NC(=O)OC(C)(C)C)C2Cc3ccccc3C2)cc1. The van der Waals surface area contributed by atoms with Crippen LogP contribution in [0.2, 0.25) is 0 Å². The molecule has 0 saturated heterocycles. The third-order valence-corrected chi connectivity index (χ3v) is 12.2. The van der Waals surface area contributed by atoms with E-state index >= 15 is 0 Å². The summed E-state index contributed by atoms with van der Waals surface area (Å²) in [6, 6.07) is 28.2. The average molecular weight is 913 g/mol. The third kappa shape index (κ3) is 14.9. The van der Waals surface area contributed by atoms with Gasteiger partial charge in [0.05, 0.1) is 6.04 Å². The monoisotopic (exact) mass is 913 g/mol. The number of alkyl carbamates (subject to hydrolysis) is 1. The van der Waals surface area contributed by atoms with E-state index in [4.69, 9.17) is 21.3 Å². The van der Waals surface area contributed by atoms with Crippen LogP contribution in [-0.4, -0.2) is 70.9 Å². The second-order valence-electron chi connectivity index (χ2n) is 18.5. The average Bonchev–Trinajstić information content (AvgIpc) is 3.96. The molecule has 2 aliphatic carbocycles. The van der Waals surface area contributed by atoms with Gasteiger partial charge >= 0.3 is 6.09 Å². The largest absolute Gasteiger partial charge is 0.444 e. The Labute approximate surface area is 395 Å². The molecule has 14 nitrogen and oxygen atoms in total. The van der Waals surface area contributed by atoms with E-state index in [1.807, 2.05) is 98.8 Å². The number of hydrogen-bond acceptors (Lipinski definition) is 9. The number of carbonyl (C=O) groups is 5. The van der Waals surface area contributed by atoms with Crippen molar-refractivity contribution in [3.05, 3.63) is 142 Å². The van der Waals surface area contributed by atoms with Crippen molar-refractivity contribution in [2.24, 2.45) is 17.6 Å². The van der Waals surface area contributed by atoms with Crippen LogP contribution < -0.4 is 32.3 Å². The maximum absolute atomic E-state index is 13.3. The second kappa shape index (κ2) is 23.7. The number of rotatable bonds is 17. The van der Waals surface area contributed by atoms with Crippen molar-refractivity contribution in [1.82, 2.24) is 26.6 Å². The molecular formula is C53H68N8O6. The normalized spacial score (nSPS) is 14.9. The number of hydrogen-bond donors (Lipinski definition) is 8. The lowest BCUT2D eigenvalue weighted by atomic mass is 9.95. The van der Waals surface area contributed by atoms with Crippen LogP contribution in [0.5, 0.6) is 0 Å². The summed E-state index contributed by atoms with van der Waals surface area (Å²) >= 11 is 0. The van der Waals surface area contributed by atoms with Crippen LogP contribution in [0.3, 0.4) is 0 Å². The zero-order valence-corrected chi connectivity index (χ0v) is 39.9. The molecular weight excluding hydrogens is 845 g/mol. The van der Waals surface area contributed by atoms with E-state index in [-0.39, 0.29) is 29.6 Å². The van der Waals surface area contributed by atoms with Crippen LogP contribution in [0.15, 0.2) is 97.1 Å². The topological polar surface area (TPSA) is 228 Å². The number of carbonyl (C=O) groups excluding carboxylic acids is 5. The smallest absolute Gasteiger partial charge is 0.408 e. The van der Waals surface area contributed by atoms with E-state index < -0.39 is 41.8 Å². The molecule has 356 valence electrons. The van der Waals surface area contributed by atoms with Gasteiger partial charge in [0.1, 0.15) is 23.7 Å². The van der Waals surface area contributed by atoms with Gasteiger partial charge < -0.3 is 47.9 Å².